The molecule has 1 aromatic carbocycles. The van der Waals surface area contributed by atoms with Crippen LogP contribution in [0.4, 0.5) is 0 Å². The summed E-state index contributed by atoms with van der Waals surface area (Å²) in [5.74, 6) is -0.276. The molecule has 0 aliphatic rings. The van der Waals surface area contributed by atoms with Crippen molar-refractivity contribution in [3.8, 4) is 11.5 Å². The second kappa shape index (κ2) is 5.01. The fraction of sp³-hybridized carbons (Fsp3) is 0.231. The number of aromatic nitrogens is 1. The Bertz CT molecular complexity index is 606. The van der Waals surface area contributed by atoms with Gasteiger partial charge in [0.05, 0.1) is 11.8 Å². The maximum Gasteiger partial charge on any atom is 0.255 e. The van der Waals surface area contributed by atoms with Gasteiger partial charge in [-0.15, -0.1) is 0 Å². The first-order chi connectivity index (χ1) is 8.99. The van der Waals surface area contributed by atoms with Gasteiger partial charge in [-0.25, -0.2) is 4.98 Å². The lowest BCUT2D eigenvalue weighted by molar-refractivity contribution is 0.0930. The largest absolute Gasteiger partial charge is 0.504 e. The summed E-state index contributed by atoms with van der Waals surface area (Å²) in [6.07, 6.45) is 1.56. The van der Waals surface area contributed by atoms with Crippen molar-refractivity contribution >= 4 is 5.91 Å². The quantitative estimate of drug-likeness (QED) is 0.734. The Balaban J connectivity index is 2.15. The summed E-state index contributed by atoms with van der Waals surface area (Å²) in [4.78, 5) is 16.0. The molecule has 19 heavy (non-hydrogen) atoms. The Morgan fingerprint density at radius 1 is 1.42 bits per heavy atom. The lowest BCUT2D eigenvalue weighted by Gasteiger charge is -2.11. The third kappa shape index (κ3) is 2.67. The van der Waals surface area contributed by atoms with E-state index in [0.29, 0.717) is 11.7 Å². The molecule has 1 amide bonds. The number of para-hydroxylation sites is 1. The molecule has 1 aromatic heterocycles. The zero-order chi connectivity index (χ0) is 14.0. The van der Waals surface area contributed by atoms with E-state index in [4.69, 9.17) is 4.42 Å². The summed E-state index contributed by atoms with van der Waals surface area (Å²) >= 11 is 0. The molecule has 100 valence electrons. The topological polar surface area (TPSA) is 95.6 Å². The minimum Gasteiger partial charge on any atom is -0.504 e. The number of hydrogen-bond donors (Lipinski definition) is 3. The zero-order valence-corrected chi connectivity index (χ0v) is 10.5. The highest BCUT2D eigenvalue weighted by molar-refractivity contribution is 5.97. The molecule has 0 saturated heterocycles. The summed E-state index contributed by atoms with van der Waals surface area (Å²) in [5, 5.41) is 21.6. The van der Waals surface area contributed by atoms with E-state index in [9.17, 15) is 15.0 Å². The first-order valence-corrected chi connectivity index (χ1v) is 5.73. The van der Waals surface area contributed by atoms with Crippen molar-refractivity contribution in [2.24, 2.45) is 0 Å². The van der Waals surface area contributed by atoms with E-state index in [0.717, 1.165) is 0 Å². The number of aryl methyl sites for hydroxylation is 1. The Morgan fingerprint density at radius 3 is 2.79 bits per heavy atom. The number of benzene rings is 1. The number of carbonyl (C=O) groups is 1. The van der Waals surface area contributed by atoms with Crippen LogP contribution in [0.5, 0.6) is 11.5 Å². The van der Waals surface area contributed by atoms with Gasteiger partial charge in [0.25, 0.3) is 5.91 Å². The molecule has 0 spiro atoms. The number of hydrogen-bond acceptors (Lipinski definition) is 5. The number of nitrogens with one attached hydrogen (secondary N) is 1. The second-order valence-corrected chi connectivity index (χ2v) is 4.18. The van der Waals surface area contributed by atoms with Gasteiger partial charge in [-0.3, -0.25) is 4.79 Å². The first-order valence-electron chi connectivity index (χ1n) is 5.73. The highest BCUT2D eigenvalue weighted by Crippen LogP contribution is 2.28. The van der Waals surface area contributed by atoms with Gasteiger partial charge in [-0.05, 0) is 26.0 Å². The summed E-state index contributed by atoms with van der Waals surface area (Å²) in [6.45, 7) is 3.47. The van der Waals surface area contributed by atoms with E-state index in [-0.39, 0.29) is 11.3 Å². The molecule has 0 aliphatic heterocycles. The van der Waals surface area contributed by atoms with Crippen LogP contribution in [0, 0.1) is 6.92 Å². The number of rotatable bonds is 3. The molecule has 6 nitrogen and oxygen atoms in total. The number of nitrogens with zero attached hydrogens (tertiary/aromatic N) is 1. The van der Waals surface area contributed by atoms with Crippen LogP contribution in [0.1, 0.15) is 35.0 Å². The molecule has 0 bridgehead atoms. The molecular formula is C13H14N2O4. The Morgan fingerprint density at radius 2 is 2.16 bits per heavy atom. The summed E-state index contributed by atoms with van der Waals surface area (Å²) in [7, 11) is 0. The fourth-order valence-corrected chi connectivity index (χ4v) is 1.62. The van der Waals surface area contributed by atoms with Gasteiger partial charge in [0.2, 0.25) is 5.89 Å². The Labute approximate surface area is 109 Å². The normalized spacial score (nSPS) is 12.1. The van der Waals surface area contributed by atoms with E-state index >= 15 is 0 Å². The van der Waals surface area contributed by atoms with Crippen molar-refractivity contribution in [3.05, 3.63) is 41.6 Å². The molecule has 0 fully saturated rings. The van der Waals surface area contributed by atoms with E-state index in [2.05, 4.69) is 10.3 Å². The molecule has 1 unspecified atom stereocenters. The maximum absolute atomic E-state index is 12.0. The Hall–Kier alpha value is -2.50. The SMILES string of the molecule is Cc1cnc(C(C)NC(=O)c2cccc(O)c2O)o1. The van der Waals surface area contributed by atoms with Crippen LogP contribution in [-0.4, -0.2) is 21.1 Å². The van der Waals surface area contributed by atoms with Gasteiger partial charge >= 0.3 is 0 Å². The predicted octanol–water partition coefficient (Wildman–Crippen LogP) is 1.89. The third-order valence-electron chi connectivity index (χ3n) is 2.62. The lowest BCUT2D eigenvalue weighted by Crippen LogP contribution is -2.26. The molecular weight excluding hydrogens is 248 g/mol. The third-order valence-corrected chi connectivity index (χ3v) is 2.62. The van der Waals surface area contributed by atoms with Crippen LogP contribution >= 0.6 is 0 Å². The molecule has 0 aliphatic carbocycles. The smallest absolute Gasteiger partial charge is 0.255 e. The monoisotopic (exact) mass is 262 g/mol. The number of aromatic hydroxyl groups is 2. The van der Waals surface area contributed by atoms with Crippen LogP contribution in [0.25, 0.3) is 0 Å². The van der Waals surface area contributed by atoms with Crippen LogP contribution in [0.15, 0.2) is 28.8 Å². The van der Waals surface area contributed by atoms with Crippen LogP contribution in [0.2, 0.25) is 0 Å². The first kappa shape index (κ1) is 12.9. The average Bonchev–Trinajstić information content (AvgIpc) is 2.79. The van der Waals surface area contributed by atoms with E-state index in [1.807, 2.05) is 0 Å². The van der Waals surface area contributed by atoms with Gasteiger partial charge in [0, 0.05) is 0 Å². The predicted molar refractivity (Wildman–Crippen MR) is 66.9 cm³/mol. The summed E-state index contributed by atoms with van der Waals surface area (Å²) < 4.78 is 5.30. The number of phenols is 2. The zero-order valence-electron chi connectivity index (χ0n) is 10.5. The molecule has 0 radical (unpaired) electrons. The minimum absolute atomic E-state index is 0.00451. The van der Waals surface area contributed by atoms with Gasteiger partial charge in [-0.1, -0.05) is 6.07 Å². The summed E-state index contributed by atoms with van der Waals surface area (Å²) in [6, 6.07) is 3.75. The number of phenolic OH excluding ortho intramolecular Hbond substituents is 2. The highest BCUT2D eigenvalue weighted by atomic mass is 16.4. The highest BCUT2D eigenvalue weighted by Gasteiger charge is 2.18. The van der Waals surface area contributed by atoms with Gasteiger partial charge in [-0.2, -0.15) is 0 Å². The number of carbonyl (C=O) groups excluding carboxylic acids is 1. The van der Waals surface area contributed by atoms with Crippen LogP contribution in [0.3, 0.4) is 0 Å². The van der Waals surface area contributed by atoms with Crippen LogP contribution < -0.4 is 5.32 Å². The molecule has 3 N–H and O–H groups in total. The molecule has 2 aromatic rings. The van der Waals surface area contributed by atoms with E-state index in [1.165, 1.54) is 18.2 Å². The van der Waals surface area contributed by atoms with Gasteiger partial charge in [0.15, 0.2) is 11.5 Å². The van der Waals surface area contributed by atoms with Crippen molar-refractivity contribution < 1.29 is 19.4 Å². The standard InChI is InChI=1S/C13H14N2O4/c1-7-6-14-13(19-7)8(2)15-12(18)9-4-3-5-10(16)11(9)17/h3-6,8,16-17H,1-2H3,(H,15,18). The van der Waals surface area contributed by atoms with Crippen molar-refractivity contribution in [1.29, 1.82) is 0 Å². The Kier molecular flexibility index (Phi) is 3.41. The molecule has 2 rings (SSSR count). The fourth-order valence-electron chi connectivity index (χ4n) is 1.62. The average molecular weight is 262 g/mol. The van der Waals surface area contributed by atoms with E-state index in [1.54, 1.807) is 20.0 Å². The van der Waals surface area contributed by atoms with Crippen molar-refractivity contribution in [2.45, 2.75) is 19.9 Å². The van der Waals surface area contributed by atoms with Crippen molar-refractivity contribution in [1.82, 2.24) is 10.3 Å². The molecule has 6 heteroatoms. The molecule has 0 saturated carbocycles. The molecule has 1 heterocycles. The maximum atomic E-state index is 12.0. The molecule has 1 atom stereocenters. The minimum atomic E-state index is -0.517. The van der Waals surface area contributed by atoms with Gasteiger partial charge in [0.1, 0.15) is 11.8 Å². The lowest BCUT2D eigenvalue weighted by atomic mass is 10.1. The number of amides is 1. The van der Waals surface area contributed by atoms with Crippen LogP contribution in [-0.2, 0) is 0 Å². The van der Waals surface area contributed by atoms with E-state index < -0.39 is 17.7 Å². The van der Waals surface area contributed by atoms with Gasteiger partial charge < -0.3 is 19.9 Å². The number of oxazole rings is 1. The summed E-state index contributed by atoms with van der Waals surface area (Å²) in [5.41, 5.74) is -0.00451. The second-order valence-electron chi connectivity index (χ2n) is 4.18. The van der Waals surface area contributed by atoms with Crippen molar-refractivity contribution in [2.75, 3.05) is 0 Å². The van der Waals surface area contributed by atoms with Crippen molar-refractivity contribution in [3.63, 3.8) is 0 Å².